The summed E-state index contributed by atoms with van der Waals surface area (Å²) in [6.07, 6.45) is 4.85. The van der Waals surface area contributed by atoms with Gasteiger partial charge in [-0.3, -0.25) is 0 Å². The molecule has 2 heterocycles. The average molecular weight is 214 g/mol. The Bertz CT molecular complexity index is 466. The van der Waals surface area contributed by atoms with Crippen LogP contribution in [-0.2, 0) is 6.54 Å². The van der Waals surface area contributed by atoms with Gasteiger partial charge in [0.05, 0.1) is 0 Å². The van der Waals surface area contributed by atoms with Crippen molar-refractivity contribution in [3.05, 3.63) is 36.5 Å². The van der Waals surface area contributed by atoms with Crippen LogP contribution in [0.1, 0.15) is 12.8 Å². The number of aromatic nitrogens is 1. The minimum absolute atomic E-state index is 0.844. The van der Waals surface area contributed by atoms with Gasteiger partial charge in [-0.2, -0.15) is 0 Å². The van der Waals surface area contributed by atoms with Gasteiger partial charge in [-0.25, -0.2) is 0 Å². The smallest absolute Gasteiger partial charge is 0.0480 e. The fourth-order valence-electron chi connectivity index (χ4n) is 2.64. The molecule has 2 aromatic rings. The first-order valence-corrected chi connectivity index (χ1v) is 6.18. The topological polar surface area (TPSA) is 17.0 Å². The molecule has 1 saturated heterocycles. The van der Waals surface area contributed by atoms with Crippen LogP contribution in [0, 0.1) is 5.92 Å². The highest BCUT2D eigenvalue weighted by molar-refractivity contribution is 5.79. The van der Waals surface area contributed by atoms with Crippen molar-refractivity contribution < 1.29 is 0 Å². The summed E-state index contributed by atoms with van der Waals surface area (Å²) in [5.74, 6) is 0.844. The van der Waals surface area contributed by atoms with Crippen molar-refractivity contribution in [2.24, 2.45) is 5.92 Å². The second kappa shape index (κ2) is 4.30. The summed E-state index contributed by atoms with van der Waals surface area (Å²) < 4.78 is 2.41. The number of hydrogen-bond acceptors (Lipinski definition) is 1. The average Bonchev–Trinajstić information content (AvgIpc) is 2.74. The van der Waals surface area contributed by atoms with Gasteiger partial charge in [0, 0.05) is 18.3 Å². The number of nitrogens with zero attached hydrogens (tertiary/aromatic N) is 1. The fraction of sp³-hybridized carbons (Fsp3) is 0.429. The highest BCUT2D eigenvalue weighted by Gasteiger charge is 2.13. The zero-order chi connectivity index (χ0) is 10.8. The number of piperidine rings is 1. The molecule has 84 valence electrons. The van der Waals surface area contributed by atoms with Gasteiger partial charge in [-0.1, -0.05) is 18.2 Å². The van der Waals surface area contributed by atoms with E-state index >= 15 is 0 Å². The number of fused-ring (bicyclic) bond motifs is 1. The molecule has 1 N–H and O–H groups in total. The lowest BCUT2D eigenvalue weighted by molar-refractivity contribution is 0.337. The fourth-order valence-corrected chi connectivity index (χ4v) is 2.64. The molecule has 0 aliphatic carbocycles. The van der Waals surface area contributed by atoms with E-state index in [9.17, 15) is 0 Å². The number of nitrogens with one attached hydrogen (secondary N) is 1. The number of hydrogen-bond donors (Lipinski definition) is 1. The zero-order valence-corrected chi connectivity index (χ0v) is 9.52. The molecule has 1 aromatic carbocycles. The summed E-state index contributed by atoms with van der Waals surface area (Å²) in [5, 5.41) is 4.78. The van der Waals surface area contributed by atoms with Gasteiger partial charge in [0.1, 0.15) is 0 Å². The van der Waals surface area contributed by atoms with E-state index in [1.165, 1.54) is 43.4 Å². The van der Waals surface area contributed by atoms with Crippen molar-refractivity contribution in [3.63, 3.8) is 0 Å². The molecule has 1 aliphatic rings. The first-order chi connectivity index (χ1) is 7.93. The van der Waals surface area contributed by atoms with Crippen molar-refractivity contribution in [2.75, 3.05) is 13.1 Å². The lowest BCUT2D eigenvalue weighted by atomic mass is 9.98. The van der Waals surface area contributed by atoms with Gasteiger partial charge >= 0.3 is 0 Å². The Labute approximate surface area is 96.3 Å². The first kappa shape index (κ1) is 9.91. The Balaban J connectivity index is 1.83. The molecule has 2 heteroatoms. The molecule has 1 aromatic heterocycles. The maximum Gasteiger partial charge on any atom is 0.0480 e. The molecular formula is C14H18N2. The standard InChI is InChI=1S/C14H18N2/c1-2-4-14-13(3-1)7-10-16(14)11-12-5-8-15-9-6-12/h1-4,7,10,12,15H,5-6,8-9,11H2. The maximum atomic E-state index is 3.42. The molecule has 0 amide bonds. The van der Waals surface area contributed by atoms with Crippen LogP contribution in [0.5, 0.6) is 0 Å². The van der Waals surface area contributed by atoms with E-state index < -0.39 is 0 Å². The van der Waals surface area contributed by atoms with E-state index in [1.54, 1.807) is 0 Å². The van der Waals surface area contributed by atoms with Crippen molar-refractivity contribution in [1.29, 1.82) is 0 Å². The van der Waals surface area contributed by atoms with Crippen molar-refractivity contribution in [3.8, 4) is 0 Å². The van der Waals surface area contributed by atoms with Gasteiger partial charge in [0.2, 0.25) is 0 Å². The predicted molar refractivity (Wildman–Crippen MR) is 67.5 cm³/mol. The van der Waals surface area contributed by atoms with Crippen LogP contribution in [0.2, 0.25) is 0 Å². The number of para-hydroxylation sites is 1. The summed E-state index contributed by atoms with van der Waals surface area (Å²) in [5.41, 5.74) is 1.38. The Morgan fingerprint density at radius 2 is 1.94 bits per heavy atom. The third-order valence-corrected chi connectivity index (χ3v) is 3.59. The van der Waals surface area contributed by atoms with Crippen LogP contribution < -0.4 is 5.32 Å². The van der Waals surface area contributed by atoms with E-state index in [-0.39, 0.29) is 0 Å². The molecule has 0 bridgehead atoms. The Kier molecular flexibility index (Phi) is 2.66. The van der Waals surface area contributed by atoms with E-state index in [1.807, 2.05) is 0 Å². The van der Waals surface area contributed by atoms with Crippen LogP contribution in [0.4, 0.5) is 0 Å². The molecule has 0 atom stereocenters. The summed E-state index contributed by atoms with van der Waals surface area (Å²) in [6, 6.07) is 10.9. The Hall–Kier alpha value is -1.28. The predicted octanol–water partition coefficient (Wildman–Crippen LogP) is 2.64. The highest BCUT2D eigenvalue weighted by Crippen LogP contribution is 2.20. The first-order valence-electron chi connectivity index (χ1n) is 6.18. The normalized spacial score (nSPS) is 18.0. The summed E-state index contributed by atoms with van der Waals surface area (Å²) in [6.45, 7) is 3.54. The second-order valence-electron chi connectivity index (χ2n) is 4.72. The molecule has 1 fully saturated rings. The van der Waals surface area contributed by atoms with Crippen molar-refractivity contribution >= 4 is 10.9 Å². The maximum absolute atomic E-state index is 3.42. The van der Waals surface area contributed by atoms with Crippen molar-refractivity contribution in [1.82, 2.24) is 9.88 Å². The summed E-state index contributed by atoms with van der Waals surface area (Å²) >= 11 is 0. The lowest BCUT2D eigenvalue weighted by Gasteiger charge is -2.23. The largest absolute Gasteiger partial charge is 0.347 e. The van der Waals surface area contributed by atoms with E-state index in [2.05, 4.69) is 46.4 Å². The molecule has 0 saturated carbocycles. The minimum Gasteiger partial charge on any atom is -0.347 e. The molecule has 16 heavy (non-hydrogen) atoms. The summed E-state index contributed by atoms with van der Waals surface area (Å²) in [7, 11) is 0. The molecular weight excluding hydrogens is 196 g/mol. The van der Waals surface area contributed by atoms with Gasteiger partial charge in [-0.15, -0.1) is 0 Å². The molecule has 0 radical (unpaired) electrons. The zero-order valence-electron chi connectivity index (χ0n) is 9.52. The SMILES string of the molecule is c1ccc2c(c1)ccn2CC1CCNCC1. The molecule has 3 rings (SSSR count). The monoisotopic (exact) mass is 214 g/mol. The van der Waals surface area contributed by atoms with Gasteiger partial charge < -0.3 is 9.88 Å². The molecule has 0 unspecified atom stereocenters. The van der Waals surface area contributed by atoms with Crippen LogP contribution in [0.15, 0.2) is 36.5 Å². The summed E-state index contributed by atoms with van der Waals surface area (Å²) in [4.78, 5) is 0. The van der Waals surface area contributed by atoms with E-state index in [0.29, 0.717) is 0 Å². The third-order valence-electron chi connectivity index (χ3n) is 3.59. The highest BCUT2D eigenvalue weighted by atomic mass is 15.0. The van der Waals surface area contributed by atoms with Crippen LogP contribution in [0.25, 0.3) is 10.9 Å². The van der Waals surface area contributed by atoms with Gasteiger partial charge in [-0.05, 0) is 49.4 Å². The Morgan fingerprint density at radius 3 is 2.81 bits per heavy atom. The number of benzene rings is 1. The number of rotatable bonds is 2. The third kappa shape index (κ3) is 1.85. The van der Waals surface area contributed by atoms with E-state index in [4.69, 9.17) is 0 Å². The van der Waals surface area contributed by atoms with Gasteiger partial charge in [0.15, 0.2) is 0 Å². The molecule has 2 nitrogen and oxygen atoms in total. The lowest BCUT2D eigenvalue weighted by Crippen LogP contribution is -2.29. The van der Waals surface area contributed by atoms with Gasteiger partial charge in [0.25, 0.3) is 0 Å². The second-order valence-corrected chi connectivity index (χ2v) is 4.72. The Morgan fingerprint density at radius 1 is 1.12 bits per heavy atom. The van der Waals surface area contributed by atoms with Crippen molar-refractivity contribution in [2.45, 2.75) is 19.4 Å². The molecule has 1 aliphatic heterocycles. The van der Waals surface area contributed by atoms with Crippen LogP contribution >= 0.6 is 0 Å². The van der Waals surface area contributed by atoms with Crippen LogP contribution in [-0.4, -0.2) is 17.7 Å². The van der Waals surface area contributed by atoms with Crippen LogP contribution in [0.3, 0.4) is 0 Å². The minimum atomic E-state index is 0.844. The quantitative estimate of drug-likeness (QED) is 0.813. The van der Waals surface area contributed by atoms with E-state index in [0.717, 1.165) is 5.92 Å². The molecule has 0 spiro atoms.